The van der Waals surface area contributed by atoms with E-state index >= 15 is 0 Å². The Kier molecular flexibility index (Phi) is 4.32. The molecule has 0 N–H and O–H groups in total. The molecule has 0 radical (unpaired) electrons. The third-order valence-corrected chi connectivity index (χ3v) is 2.97. The van der Waals surface area contributed by atoms with Crippen molar-refractivity contribution in [3.8, 4) is 0 Å². The first-order valence-electron chi connectivity index (χ1n) is 6.82. The molecular formula is C16H20FNO3. The lowest BCUT2D eigenvalue weighted by Gasteiger charge is -2.36. The molecule has 0 aliphatic carbocycles. The van der Waals surface area contributed by atoms with Crippen molar-refractivity contribution in [1.29, 1.82) is 0 Å². The molecule has 0 spiro atoms. The van der Waals surface area contributed by atoms with Gasteiger partial charge in [0.05, 0.1) is 6.54 Å². The fraction of sp³-hybridized carbons (Fsp3) is 0.438. The summed E-state index contributed by atoms with van der Waals surface area (Å²) in [7, 11) is 0. The third kappa shape index (κ3) is 3.82. The summed E-state index contributed by atoms with van der Waals surface area (Å²) in [5, 5.41) is 1.03. The van der Waals surface area contributed by atoms with Crippen molar-refractivity contribution in [3.05, 3.63) is 48.0 Å². The zero-order valence-corrected chi connectivity index (χ0v) is 12.5. The highest BCUT2D eigenvalue weighted by molar-refractivity contribution is 5.67. The quantitative estimate of drug-likeness (QED) is 0.739. The fourth-order valence-electron chi connectivity index (χ4n) is 2.01. The number of hydroxylamine groups is 2. The number of nitrogens with zero attached hydrogens (tertiary/aromatic N) is 1. The topological polar surface area (TPSA) is 38.8 Å². The monoisotopic (exact) mass is 293 g/mol. The van der Waals surface area contributed by atoms with E-state index in [9.17, 15) is 9.18 Å². The number of hydrogen-bond donors (Lipinski definition) is 0. The fourth-order valence-corrected chi connectivity index (χ4v) is 2.01. The van der Waals surface area contributed by atoms with E-state index in [0.717, 1.165) is 5.06 Å². The van der Waals surface area contributed by atoms with Gasteiger partial charge < -0.3 is 4.74 Å². The van der Waals surface area contributed by atoms with E-state index in [1.165, 1.54) is 0 Å². The van der Waals surface area contributed by atoms with Gasteiger partial charge in [0.2, 0.25) is 0 Å². The van der Waals surface area contributed by atoms with Crippen molar-refractivity contribution in [2.75, 3.05) is 6.54 Å². The lowest BCUT2D eigenvalue weighted by molar-refractivity contribution is -0.211. The molecule has 0 unspecified atom stereocenters. The van der Waals surface area contributed by atoms with E-state index in [4.69, 9.17) is 9.57 Å². The van der Waals surface area contributed by atoms with E-state index in [1.54, 1.807) is 45.0 Å². The van der Waals surface area contributed by atoms with Crippen LogP contribution in [0.2, 0.25) is 0 Å². The molecule has 1 aromatic carbocycles. The van der Waals surface area contributed by atoms with E-state index in [-0.39, 0.29) is 6.54 Å². The molecule has 1 amide bonds. The Morgan fingerprint density at radius 3 is 2.57 bits per heavy atom. The number of ether oxygens (including phenoxy) is 1. The second kappa shape index (κ2) is 5.85. The largest absolute Gasteiger partial charge is 0.442 e. The molecule has 1 aliphatic rings. The summed E-state index contributed by atoms with van der Waals surface area (Å²) in [5.74, 6) is 0. The van der Waals surface area contributed by atoms with E-state index in [0.29, 0.717) is 11.1 Å². The van der Waals surface area contributed by atoms with Crippen molar-refractivity contribution in [1.82, 2.24) is 5.06 Å². The Bertz CT molecular complexity index is 524. The van der Waals surface area contributed by atoms with Gasteiger partial charge in [0, 0.05) is 0 Å². The lowest BCUT2D eigenvalue weighted by Crippen LogP contribution is -2.45. The predicted octanol–water partition coefficient (Wildman–Crippen LogP) is 3.80. The molecule has 1 saturated heterocycles. The molecule has 1 aromatic rings. The molecule has 0 aromatic heterocycles. The molecule has 21 heavy (non-hydrogen) atoms. The number of carbonyl (C=O) groups excluding carboxylic acids is 1. The number of benzene rings is 1. The van der Waals surface area contributed by atoms with Crippen LogP contribution in [0, 0.1) is 0 Å². The highest BCUT2D eigenvalue weighted by atomic mass is 19.1. The van der Waals surface area contributed by atoms with Gasteiger partial charge in [0.15, 0.2) is 6.17 Å². The smallest absolute Gasteiger partial charge is 0.434 e. The normalized spacial score (nSPS) is 23.0. The van der Waals surface area contributed by atoms with Crippen molar-refractivity contribution in [2.24, 2.45) is 0 Å². The van der Waals surface area contributed by atoms with Gasteiger partial charge in [-0.15, -0.1) is 0 Å². The average molecular weight is 293 g/mol. The molecule has 1 heterocycles. The molecule has 4 nitrogen and oxygen atoms in total. The van der Waals surface area contributed by atoms with Crippen LogP contribution in [0.5, 0.6) is 0 Å². The standard InChI is InChI=1S/C16H20FNO3/c1-11-10-18(15(19)20-16(2,3)4)21-14(13(11)17)12-8-6-5-7-9-12/h5-9,13-14H,1,10H2,2-4H3/t13-,14+/m1/s1. The van der Waals surface area contributed by atoms with Crippen molar-refractivity contribution in [2.45, 2.75) is 38.6 Å². The molecule has 5 heteroatoms. The Morgan fingerprint density at radius 1 is 1.38 bits per heavy atom. The summed E-state index contributed by atoms with van der Waals surface area (Å²) in [6, 6.07) is 8.92. The Balaban J connectivity index is 2.16. The number of carbonyl (C=O) groups is 1. The minimum atomic E-state index is -1.36. The zero-order valence-electron chi connectivity index (χ0n) is 12.5. The van der Waals surface area contributed by atoms with Crippen LogP contribution in [0.15, 0.2) is 42.5 Å². The summed E-state index contributed by atoms with van der Waals surface area (Å²) in [5.41, 5.74) is 0.303. The highest BCUT2D eigenvalue weighted by Crippen LogP contribution is 2.33. The molecule has 2 atom stereocenters. The van der Waals surface area contributed by atoms with Gasteiger partial charge in [-0.05, 0) is 31.9 Å². The van der Waals surface area contributed by atoms with Crippen LogP contribution in [0.4, 0.5) is 9.18 Å². The van der Waals surface area contributed by atoms with E-state index in [1.807, 2.05) is 6.07 Å². The maximum atomic E-state index is 14.3. The van der Waals surface area contributed by atoms with Crippen molar-refractivity contribution >= 4 is 6.09 Å². The zero-order chi connectivity index (χ0) is 15.6. The van der Waals surface area contributed by atoms with Crippen LogP contribution >= 0.6 is 0 Å². The first kappa shape index (κ1) is 15.5. The number of rotatable bonds is 1. The number of amides is 1. The summed E-state index contributed by atoms with van der Waals surface area (Å²) < 4.78 is 19.5. The Hall–Kier alpha value is -1.88. The molecule has 1 fully saturated rings. The molecule has 0 saturated carbocycles. The van der Waals surface area contributed by atoms with Crippen LogP contribution in [0.25, 0.3) is 0 Å². The number of halogens is 1. The second-order valence-electron chi connectivity index (χ2n) is 6.01. The maximum Gasteiger partial charge on any atom is 0.434 e. The SMILES string of the molecule is C=C1CN(C(=O)OC(C)(C)C)O[C@@H](c2ccccc2)[C@@H]1F. The summed E-state index contributed by atoms with van der Waals surface area (Å²) >= 11 is 0. The summed E-state index contributed by atoms with van der Waals surface area (Å²) in [4.78, 5) is 17.5. The van der Waals surface area contributed by atoms with Crippen molar-refractivity contribution < 1.29 is 18.8 Å². The Labute approximate surface area is 124 Å². The van der Waals surface area contributed by atoms with Gasteiger partial charge in [0.1, 0.15) is 11.7 Å². The van der Waals surface area contributed by atoms with Crippen molar-refractivity contribution in [3.63, 3.8) is 0 Å². The predicted molar refractivity (Wildman–Crippen MR) is 77.2 cm³/mol. The first-order chi connectivity index (χ1) is 9.78. The van der Waals surface area contributed by atoms with Gasteiger partial charge in [-0.3, -0.25) is 4.84 Å². The first-order valence-corrected chi connectivity index (χ1v) is 6.82. The van der Waals surface area contributed by atoms with Gasteiger partial charge in [-0.2, -0.15) is 5.06 Å². The summed E-state index contributed by atoms with van der Waals surface area (Å²) in [6.07, 6.45) is -2.89. The molecule has 0 bridgehead atoms. The molecule has 1 aliphatic heterocycles. The van der Waals surface area contributed by atoms with Gasteiger partial charge in [-0.25, -0.2) is 9.18 Å². The van der Waals surface area contributed by atoms with Crippen LogP contribution in [-0.4, -0.2) is 29.5 Å². The molecule has 2 rings (SSSR count). The van der Waals surface area contributed by atoms with Gasteiger partial charge in [0.25, 0.3) is 0 Å². The minimum Gasteiger partial charge on any atom is -0.442 e. The highest BCUT2D eigenvalue weighted by Gasteiger charge is 2.38. The van der Waals surface area contributed by atoms with E-state index in [2.05, 4.69) is 6.58 Å². The molecule has 114 valence electrons. The van der Waals surface area contributed by atoms with Crippen LogP contribution < -0.4 is 0 Å². The summed E-state index contributed by atoms with van der Waals surface area (Å²) in [6.45, 7) is 8.96. The van der Waals surface area contributed by atoms with E-state index < -0.39 is 24.0 Å². The number of hydrogen-bond acceptors (Lipinski definition) is 3. The average Bonchev–Trinajstić information content (AvgIpc) is 2.40. The lowest BCUT2D eigenvalue weighted by atomic mass is 9.99. The van der Waals surface area contributed by atoms with Crippen LogP contribution in [0.3, 0.4) is 0 Å². The molecular weight excluding hydrogens is 273 g/mol. The minimum absolute atomic E-state index is 0.0145. The van der Waals surface area contributed by atoms with Gasteiger partial charge >= 0.3 is 6.09 Å². The maximum absolute atomic E-state index is 14.3. The number of alkyl halides is 1. The Morgan fingerprint density at radius 2 is 2.00 bits per heavy atom. The second-order valence-corrected chi connectivity index (χ2v) is 6.01. The van der Waals surface area contributed by atoms with Gasteiger partial charge in [-0.1, -0.05) is 36.9 Å². The van der Waals surface area contributed by atoms with Crippen LogP contribution in [0.1, 0.15) is 32.4 Å². The van der Waals surface area contributed by atoms with Crippen LogP contribution in [-0.2, 0) is 9.57 Å². The third-order valence-electron chi connectivity index (χ3n) is 2.97.